The van der Waals surface area contributed by atoms with Gasteiger partial charge in [-0.15, -0.1) is 0 Å². The number of carbonyl (C=O) groups excluding carboxylic acids is 1. The lowest BCUT2D eigenvalue weighted by Crippen LogP contribution is -2.28. The molecule has 0 N–H and O–H groups in total. The summed E-state index contributed by atoms with van der Waals surface area (Å²) in [5, 5.41) is 74.4. The molecule has 86 heavy (non-hydrogen) atoms. The van der Waals surface area contributed by atoms with E-state index in [-0.39, 0.29) is 0 Å². The smallest absolute Gasteiger partial charge is 0.128 e. The van der Waals surface area contributed by atoms with E-state index in [1.165, 1.54) is 11.1 Å². The minimum Gasteiger partial charge on any atom is -0.497 e. The molecule has 0 heterocycles. The van der Waals surface area contributed by atoms with E-state index in [0.29, 0.717) is 0 Å². The summed E-state index contributed by atoms with van der Waals surface area (Å²) in [6, 6.07) is 18.6. The molecule has 14 aliphatic rings. The molecule has 3 unspecified atom stereocenters. The third-order valence-electron chi connectivity index (χ3n) is 31.5. The minimum atomic E-state index is -0.675. The molecule has 0 saturated heterocycles. The van der Waals surface area contributed by atoms with Crippen molar-refractivity contribution in [3.05, 3.63) is 104 Å². The van der Waals surface area contributed by atoms with Gasteiger partial charge in [0.25, 0.3) is 0 Å². The lowest BCUT2D eigenvalue weighted by molar-refractivity contribution is -0.113. The molecule has 374 valence electrons. The first kappa shape index (κ1) is 34.9. The van der Waals surface area contributed by atoms with E-state index in [1.807, 2.05) is 0 Å². The summed E-state index contributed by atoms with van der Waals surface area (Å²) in [5.74, 6) is 0.872. The third-order valence-corrected chi connectivity index (χ3v) is 31.5. The predicted molar refractivity (Wildman–Crippen MR) is 350 cm³/mol. The molecule has 12 bridgehead atoms. The molecular formula is C83H25NO2. The number of aldehydes is 1. The van der Waals surface area contributed by atoms with Crippen molar-refractivity contribution in [1.82, 2.24) is 0 Å². The summed E-state index contributed by atoms with van der Waals surface area (Å²) in [7, 11) is 1.79. The summed E-state index contributed by atoms with van der Waals surface area (Å²) < 4.78 is 5.85. The second-order valence-corrected chi connectivity index (χ2v) is 31.5. The maximum absolute atomic E-state index is 16.5. The first-order valence-corrected chi connectivity index (χ1v) is 32.5. The van der Waals surface area contributed by atoms with Crippen molar-refractivity contribution in [3.63, 3.8) is 0 Å². The van der Waals surface area contributed by atoms with E-state index < -0.39 is 32.5 Å². The van der Waals surface area contributed by atoms with Crippen LogP contribution in [0.25, 0.3) is 259 Å². The summed E-state index contributed by atoms with van der Waals surface area (Å²) in [5.41, 5.74) is 17.5. The Bertz CT molecular complexity index is 7870. The van der Waals surface area contributed by atoms with Crippen molar-refractivity contribution in [2.45, 2.75) is 60.2 Å². The molecule has 40 rings (SSSR count). The summed E-state index contributed by atoms with van der Waals surface area (Å²) in [6.07, 6.45) is 10.4. The molecule has 3 atom stereocenters. The molecule has 0 radical (unpaired) electrons. The average Bonchev–Trinajstić information content (AvgIpc) is 1.34. The van der Waals surface area contributed by atoms with E-state index in [2.05, 4.69) is 54.7 Å². The van der Waals surface area contributed by atoms with Gasteiger partial charge in [-0.2, -0.15) is 0 Å². The molecule has 0 aromatic heterocycles. The SMILES string of the molecule is COc1ccc(N=CC23CCCc4ccc(cc4)CCCC4(C=O)C56c7c8c9c%10c%11c%12c%13c%14c%15c%16c%17c(c-8c8c%18c%19c(c%20c%21c5c5c7c%10c7c%11c%10c%13c%11c%13c%14c%14c%16c(c%17%18)c%16c%19c%17c%20c%18c%21c%19c5c7c5c%10c%11c7c(c%195)c%18c5c%17c%16c%14c%13c57)C846)C92C%12%153)cc1. The Morgan fingerprint density at radius 1 is 0.314 bits per heavy atom. The zero-order valence-electron chi connectivity index (χ0n) is 45.3. The highest BCUT2D eigenvalue weighted by Crippen LogP contribution is 3.02. The van der Waals surface area contributed by atoms with Crippen LogP contribution >= 0.6 is 0 Å². The molecule has 3 nitrogen and oxygen atoms in total. The molecule has 26 aromatic carbocycles. The standard InChI is InChI=1S/C83H25NO2/c1-86-21-12-10-20(11-13-21)84-16-78-14-2-4-18-6-8-19(9-7-18)5-3-15-79(17-85)82-72-58-50-39-31-24-22-23-25-30(24)43(50)51-40-32(25)29-34-27(23)36-35-26(22)33-28(31)37-44-52-41(33)46(35)56-57-47(36)42(34)53-45-38(29)49(40)63-67-55(45)65-61(53)71(57)80(78)70(56)60(52)64-54(44)66(62(72)48(37)39)76(82)68-69(75(65)81(78,80)74(64)68)77(67)83(79,82)73(63)59(51)58/h6-13,16-17H,2-5,14-15H2,1H3. The molecule has 2 saturated carbocycles. The number of benzene rings is 18. The fraction of sp³-hybridized carbons (Fsp3) is 0.157. The monoisotopic (exact) mass is 1070 g/mol. The number of carbonyl (C=O) groups is 1. The quantitative estimate of drug-likeness (QED) is 0.100. The maximum atomic E-state index is 16.5. The Labute approximate surface area is 476 Å². The van der Waals surface area contributed by atoms with Gasteiger partial charge in [0, 0.05) is 22.5 Å². The normalized spacial score (nSPS) is 29.0. The molecular weight excluding hydrogens is 1040 g/mol. The molecule has 2 fully saturated rings. The van der Waals surface area contributed by atoms with Crippen LogP contribution < -0.4 is 4.74 Å². The van der Waals surface area contributed by atoms with Crippen molar-refractivity contribution >= 4 is 266 Å². The van der Waals surface area contributed by atoms with Crippen LogP contribution in [0.3, 0.4) is 0 Å². The van der Waals surface area contributed by atoms with Crippen LogP contribution in [0.15, 0.2) is 53.5 Å². The Morgan fingerprint density at radius 2 is 0.558 bits per heavy atom. The Kier molecular flexibility index (Phi) is 3.36. The van der Waals surface area contributed by atoms with E-state index >= 15 is 4.79 Å². The maximum Gasteiger partial charge on any atom is 0.128 e. The van der Waals surface area contributed by atoms with Gasteiger partial charge >= 0.3 is 0 Å². The first-order valence-electron chi connectivity index (χ1n) is 32.5. The van der Waals surface area contributed by atoms with Crippen LogP contribution in [0.1, 0.15) is 81.3 Å². The minimum absolute atomic E-state index is 0.400. The highest BCUT2D eigenvalue weighted by Gasteiger charge is 2.99. The lowest BCUT2D eigenvalue weighted by Gasteiger charge is -2.34. The van der Waals surface area contributed by atoms with Crippen molar-refractivity contribution in [1.29, 1.82) is 0 Å². The number of ether oxygens (including phenoxy) is 1. The number of methoxy groups -OCH3 is 1. The van der Waals surface area contributed by atoms with Crippen LogP contribution in [-0.2, 0) is 39.3 Å². The number of hydrogen-bond donors (Lipinski definition) is 0. The van der Waals surface area contributed by atoms with E-state index in [0.717, 1.165) is 50.0 Å². The van der Waals surface area contributed by atoms with Gasteiger partial charge in [0.1, 0.15) is 12.0 Å². The molecule has 4 spiro atoms. The summed E-state index contributed by atoms with van der Waals surface area (Å²) in [6.45, 7) is 0. The van der Waals surface area contributed by atoms with Crippen molar-refractivity contribution < 1.29 is 9.53 Å². The third kappa shape index (κ3) is 1.94. The zero-order chi connectivity index (χ0) is 52.4. The highest BCUT2D eigenvalue weighted by atomic mass is 16.5. The molecule has 0 aliphatic heterocycles. The van der Waals surface area contributed by atoms with E-state index in [1.54, 1.807) is 317 Å². The second kappa shape index (κ2) is 8.26. The van der Waals surface area contributed by atoms with Gasteiger partial charge in [-0.05, 0) is 377 Å². The number of aliphatic imine (C=N–C) groups is 1. The van der Waals surface area contributed by atoms with Crippen molar-refractivity contribution in [3.8, 4) is 16.9 Å². The zero-order valence-corrected chi connectivity index (χ0v) is 45.3. The van der Waals surface area contributed by atoms with E-state index in [9.17, 15) is 0 Å². The van der Waals surface area contributed by atoms with Crippen LogP contribution in [0.5, 0.6) is 5.75 Å². The van der Waals surface area contributed by atoms with Crippen LogP contribution in [0.4, 0.5) is 5.69 Å². The van der Waals surface area contributed by atoms with Gasteiger partial charge in [0.05, 0.1) is 29.0 Å². The highest BCUT2D eigenvalue weighted by molar-refractivity contribution is 6.79. The molecule has 0 amide bonds. The van der Waals surface area contributed by atoms with Crippen molar-refractivity contribution in [2.24, 2.45) is 15.8 Å². The summed E-state index contributed by atoms with van der Waals surface area (Å²) in [4.78, 5) is 22.6. The van der Waals surface area contributed by atoms with Crippen LogP contribution in [0.2, 0.25) is 0 Å². The Morgan fingerprint density at radius 3 is 0.849 bits per heavy atom. The van der Waals surface area contributed by atoms with Gasteiger partial charge in [-0.1, -0.05) is 24.3 Å². The second-order valence-electron chi connectivity index (χ2n) is 31.5. The lowest BCUT2D eigenvalue weighted by atomic mass is 9.66. The topological polar surface area (TPSA) is 38.7 Å². The van der Waals surface area contributed by atoms with Crippen LogP contribution in [-0.4, -0.2) is 19.6 Å². The number of rotatable bonds is 4. The summed E-state index contributed by atoms with van der Waals surface area (Å²) >= 11 is 0. The molecule has 26 aromatic rings. The average molecular weight is 1070 g/mol. The first-order chi connectivity index (χ1) is 42.7. The fourth-order valence-corrected chi connectivity index (χ4v) is 31.2. The number of aryl methyl sites for hydroxylation is 2. The Balaban J connectivity index is 0.979. The van der Waals surface area contributed by atoms with Gasteiger partial charge in [-0.25, -0.2) is 0 Å². The molecule has 14 aliphatic carbocycles. The van der Waals surface area contributed by atoms with Crippen LogP contribution in [0, 0.1) is 10.8 Å². The number of hydrogen-bond acceptors (Lipinski definition) is 3. The largest absolute Gasteiger partial charge is 0.497 e. The van der Waals surface area contributed by atoms with Gasteiger partial charge < -0.3 is 9.53 Å². The Hall–Kier alpha value is -9.70. The van der Waals surface area contributed by atoms with Crippen molar-refractivity contribution in [2.75, 3.05) is 7.11 Å². The van der Waals surface area contributed by atoms with Gasteiger partial charge in [-0.3, -0.25) is 4.99 Å². The fourth-order valence-electron chi connectivity index (χ4n) is 31.2. The molecule has 3 heteroatoms. The predicted octanol–water partition coefficient (Wildman–Crippen LogP) is 19.8. The van der Waals surface area contributed by atoms with Gasteiger partial charge in [0.2, 0.25) is 0 Å². The number of nitrogens with zero attached hydrogens (tertiary/aromatic N) is 1. The van der Waals surface area contributed by atoms with Gasteiger partial charge in [0.15, 0.2) is 0 Å². The van der Waals surface area contributed by atoms with E-state index in [4.69, 9.17) is 9.73 Å².